The van der Waals surface area contributed by atoms with Gasteiger partial charge in [0.25, 0.3) is 0 Å². The molecule has 9 heavy (non-hydrogen) atoms. The van der Waals surface area contributed by atoms with Crippen molar-refractivity contribution >= 4 is 6.29 Å². The molecular formula is C7H14NO. The molecule has 0 saturated heterocycles. The molecule has 0 heterocycles. The highest BCUT2D eigenvalue weighted by molar-refractivity contribution is 5.52. The Hall–Kier alpha value is -0.370. The van der Waals surface area contributed by atoms with Gasteiger partial charge in [0, 0.05) is 0 Å². The van der Waals surface area contributed by atoms with Gasteiger partial charge in [-0.1, -0.05) is 13.3 Å². The molecule has 0 fully saturated rings. The molecule has 0 saturated carbocycles. The molecule has 2 heteroatoms. The lowest BCUT2D eigenvalue weighted by Gasteiger charge is -2.10. The fraction of sp³-hybridized carbons (Fsp3) is 0.857. The van der Waals surface area contributed by atoms with Crippen LogP contribution in [0.1, 0.15) is 19.8 Å². The summed E-state index contributed by atoms with van der Waals surface area (Å²) in [6.07, 6.45) is 4.20. The highest BCUT2D eigenvalue weighted by Crippen LogP contribution is 1.88. The first-order chi connectivity index (χ1) is 4.31. The number of carbonyl (C=O) groups excluding carboxylic acids is 1. The van der Waals surface area contributed by atoms with Crippen LogP contribution in [0, 0.1) is 0 Å². The van der Waals surface area contributed by atoms with Crippen LogP contribution in [-0.4, -0.2) is 31.3 Å². The van der Waals surface area contributed by atoms with E-state index in [4.69, 9.17) is 0 Å². The van der Waals surface area contributed by atoms with Crippen LogP contribution in [0.3, 0.4) is 0 Å². The second-order valence-corrected chi connectivity index (χ2v) is 2.24. The Morgan fingerprint density at radius 1 is 1.56 bits per heavy atom. The Kier molecular flexibility index (Phi) is 5.52. The van der Waals surface area contributed by atoms with Gasteiger partial charge in [0.05, 0.1) is 6.54 Å². The molecule has 0 aromatic heterocycles. The maximum absolute atomic E-state index is 9.81. The van der Waals surface area contributed by atoms with Crippen LogP contribution in [0.25, 0.3) is 0 Å². The molecule has 0 aromatic carbocycles. The third-order valence-corrected chi connectivity index (χ3v) is 1.23. The summed E-state index contributed by atoms with van der Waals surface area (Å²) in [7, 11) is 1.93. The molecule has 53 valence electrons. The van der Waals surface area contributed by atoms with Gasteiger partial charge in [-0.05, 0) is 20.0 Å². The second-order valence-electron chi connectivity index (χ2n) is 2.24. The molecule has 0 spiro atoms. The van der Waals surface area contributed by atoms with Crippen molar-refractivity contribution in [2.45, 2.75) is 19.8 Å². The first-order valence-corrected chi connectivity index (χ1v) is 3.34. The topological polar surface area (TPSA) is 20.3 Å². The molecular weight excluding hydrogens is 114 g/mol. The minimum absolute atomic E-state index is 0.444. The Morgan fingerprint density at radius 2 is 2.22 bits per heavy atom. The molecule has 0 rings (SSSR count). The van der Waals surface area contributed by atoms with E-state index in [0.29, 0.717) is 6.54 Å². The summed E-state index contributed by atoms with van der Waals surface area (Å²) < 4.78 is 0. The first kappa shape index (κ1) is 8.63. The maximum atomic E-state index is 9.81. The van der Waals surface area contributed by atoms with Crippen LogP contribution in [0.4, 0.5) is 0 Å². The number of unbranched alkanes of at least 4 members (excludes halogenated alkanes) is 1. The van der Waals surface area contributed by atoms with Crippen molar-refractivity contribution in [3.63, 3.8) is 0 Å². The molecule has 0 amide bonds. The zero-order valence-corrected chi connectivity index (χ0v) is 6.18. The lowest BCUT2D eigenvalue weighted by Crippen LogP contribution is -2.21. The molecule has 0 bridgehead atoms. The van der Waals surface area contributed by atoms with Gasteiger partial charge >= 0.3 is 0 Å². The Morgan fingerprint density at radius 3 is 2.67 bits per heavy atom. The quantitative estimate of drug-likeness (QED) is 0.546. The number of nitrogens with zero attached hydrogens (tertiary/aromatic N) is 1. The van der Waals surface area contributed by atoms with Crippen LogP contribution in [0.15, 0.2) is 0 Å². The molecule has 0 aromatic rings. The summed E-state index contributed by atoms with van der Waals surface area (Å²) in [4.78, 5) is 11.8. The Balaban J connectivity index is 3.04. The molecule has 0 aliphatic heterocycles. The zero-order valence-electron chi connectivity index (χ0n) is 6.18. The van der Waals surface area contributed by atoms with Gasteiger partial charge in [0.15, 0.2) is 0 Å². The average molecular weight is 128 g/mol. The Labute approximate surface area is 56.9 Å². The number of hydrogen-bond donors (Lipinski definition) is 0. The van der Waals surface area contributed by atoms with E-state index in [2.05, 4.69) is 6.92 Å². The lowest BCUT2D eigenvalue weighted by molar-refractivity contribution is 0.364. The van der Waals surface area contributed by atoms with Crippen molar-refractivity contribution in [1.82, 2.24) is 4.90 Å². The third-order valence-electron chi connectivity index (χ3n) is 1.23. The molecule has 0 unspecified atom stereocenters. The van der Waals surface area contributed by atoms with Gasteiger partial charge in [-0.15, -0.1) is 0 Å². The predicted octanol–water partition coefficient (Wildman–Crippen LogP) is 0.828. The van der Waals surface area contributed by atoms with Crippen LogP contribution >= 0.6 is 0 Å². The van der Waals surface area contributed by atoms with Crippen molar-refractivity contribution in [1.29, 1.82) is 0 Å². The van der Waals surface area contributed by atoms with Gasteiger partial charge < -0.3 is 0 Å². The largest absolute Gasteiger partial charge is 0.299 e. The summed E-state index contributed by atoms with van der Waals surface area (Å²) in [5.41, 5.74) is 0. The van der Waals surface area contributed by atoms with Crippen molar-refractivity contribution in [3.05, 3.63) is 0 Å². The molecule has 0 aliphatic rings. The molecule has 2 nitrogen and oxygen atoms in total. The van der Waals surface area contributed by atoms with Crippen molar-refractivity contribution < 1.29 is 4.79 Å². The number of rotatable bonds is 5. The van der Waals surface area contributed by atoms with E-state index in [1.165, 1.54) is 6.42 Å². The fourth-order valence-electron chi connectivity index (χ4n) is 0.617. The van der Waals surface area contributed by atoms with E-state index in [-0.39, 0.29) is 0 Å². The van der Waals surface area contributed by atoms with Crippen molar-refractivity contribution in [3.8, 4) is 0 Å². The number of likely N-dealkylation sites (N-methyl/N-ethyl adjacent to an activating group) is 1. The second kappa shape index (κ2) is 5.76. The van der Waals surface area contributed by atoms with Crippen LogP contribution in [-0.2, 0) is 4.79 Å². The van der Waals surface area contributed by atoms with Gasteiger partial charge in [-0.3, -0.25) is 9.69 Å². The highest BCUT2D eigenvalue weighted by Gasteiger charge is 1.93. The van der Waals surface area contributed by atoms with Crippen LogP contribution in [0.5, 0.6) is 0 Å². The molecule has 0 atom stereocenters. The standard InChI is InChI=1S/C7H14NO/c1-3-4-5-8(2)6-7-9/h3-6H2,1-2H3. The minimum atomic E-state index is 0.444. The molecule has 1 radical (unpaired) electrons. The van der Waals surface area contributed by atoms with Crippen LogP contribution in [0.2, 0.25) is 0 Å². The summed E-state index contributed by atoms with van der Waals surface area (Å²) in [5.74, 6) is 0. The summed E-state index contributed by atoms with van der Waals surface area (Å²) in [6.45, 7) is 3.59. The summed E-state index contributed by atoms with van der Waals surface area (Å²) in [5, 5.41) is 0. The van der Waals surface area contributed by atoms with Gasteiger partial charge in [0.2, 0.25) is 6.29 Å². The summed E-state index contributed by atoms with van der Waals surface area (Å²) in [6, 6.07) is 0. The first-order valence-electron chi connectivity index (χ1n) is 3.34. The predicted molar refractivity (Wildman–Crippen MR) is 38.1 cm³/mol. The van der Waals surface area contributed by atoms with E-state index < -0.39 is 0 Å². The van der Waals surface area contributed by atoms with E-state index in [1.807, 2.05) is 18.2 Å². The van der Waals surface area contributed by atoms with Crippen LogP contribution < -0.4 is 0 Å². The smallest absolute Gasteiger partial charge is 0.213 e. The average Bonchev–Trinajstić information content (AvgIpc) is 1.85. The van der Waals surface area contributed by atoms with Gasteiger partial charge in [-0.2, -0.15) is 0 Å². The van der Waals surface area contributed by atoms with E-state index in [0.717, 1.165) is 13.0 Å². The summed E-state index contributed by atoms with van der Waals surface area (Å²) >= 11 is 0. The monoisotopic (exact) mass is 128 g/mol. The van der Waals surface area contributed by atoms with E-state index >= 15 is 0 Å². The van der Waals surface area contributed by atoms with E-state index in [1.54, 1.807) is 0 Å². The lowest BCUT2D eigenvalue weighted by atomic mass is 10.3. The fourth-order valence-corrected chi connectivity index (χ4v) is 0.617. The Bertz CT molecular complexity index is 73.3. The molecule has 0 aliphatic carbocycles. The highest BCUT2D eigenvalue weighted by atomic mass is 16.1. The van der Waals surface area contributed by atoms with Crippen molar-refractivity contribution in [2.24, 2.45) is 0 Å². The zero-order chi connectivity index (χ0) is 7.11. The number of hydrogen-bond acceptors (Lipinski definition) is 2. The van der Waals surface area contributed by atoms with Crippen molar-refractivity contribution in [2.75, 3.05) is 20.1 Å². The van der Waals surface area contributed by atoms with E-state index in [9.17, 15) is 4.79 Å². The normalized spacial score (nSPS) is 10.1. The molecule has 0 N–H and O–H groups in total. The third kappa shape index (κ3) is 5.50. The minimum Gasteiger partial charge on any atom is -0.299 e. The SMILES string of the molecule is CCCCN(C)C[C]=O. The maximum Gasteiger partial charge on any atom is 0.213 e. The van der Waals surface area contributed by atoms with Gasteiger partial charge in [0.1, 0.15) is 0 Å². The van der Waals surface area contributed by atoms with Gasteiger partial charge in [-0.25, -0.2) is 0 Å².